The third-order valence-corrected chi connectivity index (χ3v) is 4.13. The van der Waals surface area contributed by atoms with Crippen LogP contribution in [0.2, 0.25) is 0 Å². The molecule has 1 amide bonds. The fraction of sp³-hybridized carbons (Fsp3) is 0.643. The second-order valence-electron chi connectivity index (χ2n) is 5.05. The maximum atomic E-state index is 12.2. The molecule has 0 aliphatic carbocycles. The largest absolute Gasteiger partial charge is 0.379 e. The topological polar surface area (TPSA) is 50.4 Å². The Morgan fingerprint density at radius 2 is 2.42 bits per heavy atom. The standard InChI is InChI=1S/C14H22N2O2S/c1-3-15-13-8-18-7-12(13)14(17)16-10(2)6-11-4-5-19-9-11/h4-5,9-10,12-13,15H,3,6-8H2,1-2H3,(H,16,17). The van der Waals surface area contributed by atoms with Gasteiger partial charge in [-0.3, -0.25) is 4.79 Å². The first kappa shape index (κ1) is 14.5. The van der Waals surface area contributed by atoms with Crippen molar-refractivity contribution in [3.8, 4) is 0 Å². The summed E-state index contributed by atoms with van der Waals surface area (Å²) >= 11 is 1.69. The lowest BCUT2D eigenvalue weighted by atomic mass is 10.0. The van der Waals surface area contributed by atoms with Crippen LogP contribution in [-0.4, -0.2) is 37.7 Å². The second-order valence-corrected chi connectivity index (χ2v) is 5.83. The van der Waals surface area contributed by atoms with Gasteiger partial charge in [0.05, 0.1) is 19.1 Å². The normalized spacial score (nSPS) is 24.3. The van der Waals surface area contributed by atoms with Gasteiger partial charge in [-0.2, -0.15) is 11.3 Å². The minimum Gasteiger partial charge on any atom is -0.379 e. The summed E-state index contributed by atoms with van der Waals surface area (Å²) in [6, 6.07) is 2.41. The highest BCUT2D eigenvalue weighted by molar-refractivity contribution is 7.07. The zero-order valence-electron chi connectivity index (χ0n) is 11.5. The summed E-state index contributed by atoms with van der Waals surface area (Å²) in [4.78, 5) is 12.2. The number of rotatable bonds is 6. The van der Waals surface area contributed by atoms with Gasteiger partial charge >= 0.3 is 0 Å². The van der Waals surface area contributed by atoms with Gasteiger partial charge in [0.1, 0.15) is 0 Å². The van der Waals surface area contributed by atoms with E-state index in [4.69, 9.17) is 4.74 Å². The summed E-state index contributed by atoms with van der Waals surface area (Å²) < 4.78 is 5.41. The molecule has 2 N–H and O–H groups in total. The smallest absolute Gasteiger partial charge is 0.227 e. The van der Waals surface area contributed by atoms with E-state index in [2.05, 4.69) is 27.5 Å². The number of ether oxygens (including phenoxy) is 1. The number of hydrogen-bond donors (Lipinski definition) is 2. The second kappa shape index (κ2) is 7.03. The summed E-state index contributed by atoms with van der Waals surface area (Å²) in [7, 11) is 0. The molecule has 0 radical (unpaired) electrons. The highest BCUT2D eigenvalue weighted by Gasteiger charge is 2.33. The summed E-state index contributed by atoms with van der Waals surface area (Å²) in [6.07, 6.45) is 0.884. The van der Waals surface area contributed by atoms with Crippen LogP contribution in [0, 0.1) is 5.92 Å². The van der Waals surface area contributed by atoms with Crippen molar-refractivity contribution in [1.29, 1.82) is 0 Å². The quantitative estimate of drug-likeness (QED) is 0.829. The summed E-state index contributed by atoms with van der Waals surface area (Å²) in [5, 5.41) is 10.6. The molecule has 1 fully saturated rings. The molecule has 1 aromatic rings. The number of hydrogen-bond acceptors (Lipinski definition) is 4. The number of carbonyl (C=O) groups is 1. The highest BCUT2D eigenvalue weighted by Crippen LogP contribution is 2.15. The van der Waals surface area contributed by atoms with Crippen LogP contribution in [0.15, 0.2) is 16.8 Å². The Hall–Kier alpha value is -0.910. The SMILES string of the molecule is CCNC1COCC1C(=O)NC(C)Cc1ccsc1. The monoisotopic (exact) mass is 282 g/mol. The molecule has 0 bridgehead atoms. The van der Waals surface area contributed by atoms with E-state index >= 15 is 0 Å². The average molecular weight is 282 g/mol. The molecular formula is C14H22N2O2S. The predicted octanol–water partition coefficient (Wildman–Crippen LogP) is 1.42. The maximum absolute atomic E-state index is 12.2. The van der Waals surface area contributed by atoms with E-state index < -0.39 is 0 Å². The first-order valence-electron chi connectivity index (χ1n) is 6.83. The lowest BCUT2D eigenvalue weighted by molar-refractivity contribution is -0.126. The van der Waals surface area contributed by atoms with Crippen LogP contribution in [-0.2, 0) is 16.0 Å². The Morgan fingerprint density at radius 3 is 3.11 bits per heavy atom. The van der Waals surface area contributed by atoms with E-state index in [0.29, 0.717) is 13.2 Å². The van der Waals surface area contributed by atoms with Gasteiger partial charge in [-0.05, 0) is 42.3 Å². The van der Waals surface area contributed by atoms with Crippen LogP contribution in [0.3, 0.4) is 0 Å². The van der Waals surface area contributed by atoms with E-state index in [1.165, 1.54) is 5.56 Å². The molecule has 3 unspecified atom stereocenters. The number of thiophene rings is 1. The number of likely N-dealkylation sites (N-methyl/N-ethyl adjacent to an activating group) is 1. The van der Waals surface area contributed by atoms with Gasteiger partial charge in [0, 0.05) is 12.1 Å². The van der Waals surface area contributed by atoms with E-state index in [1.807, 2.05) is 13.8 Å². The van der Waals surface area contributed by atoms with Crippen LogP contribution in [0.4, 0.5) is 0 Å². The first-order chi connectivity index (χ1) is 9.20. The third kappa shape index (κ3) is 4.03. The van der Waals surface area contributed by atoms with Crippen molar-refractivity contribution in [1.82, 2.24) is 10.6 Å². The molecule has 1 aliphatic rings. The minimum absolute atomic E-state index is 0.0649. The summed E-state index contributed by atoms with van der Waals surface area (Å²) in [6.45, 7) is 6.11. The molecule has 2 heterocycles. The molecule has 0 aromatic carbocycles. The van der Waals surface area contributed by atoms with Gasteiger partial charge in [0.2, 0.25) is 5.91 Å². The molecule has 1 aromatic heterocycles. The van der Waals surface area contributed by atoms with Crippen molar-refractivity contribution in [2.45, 2.75) is 32.4 Å². The van der Waals surface area contributed by atoms with Gasteiger partial charge in [-0.25, -0.2) is 0 Å². The van der Waals surface area contributed by atoms with Crippen molar-refractivity contribution < 1.29 is 9.53 Å². The molecule has 5 heteroatoms. The Kier molecular flexibility index (Phi) is 5.36. The molecule has 19 heavy (non-hydrogen) atoms. The molecule has 3 atom stereocenters. The molecule has 1 aliphatic heterocycles. The van der Waals surface area contributed by atoms with E-state index in [1.54, 1.807) is 11.3 Å². The molecule has 1 saturated heterocycles. The van der Waals surface area contributed by atoms with Gasteiger partial charge in [0.25, 0.3) is 0 Å². The van der Waals surface area contributed by atoms with Crippen molar-refractivity contribution in [3.05, 3.63) is 22.4 Å². The molecule has 0 saturated carbocycles. The Balaban J connectivity index is 1.82. The van der Waals surface area contributed by atoms with Crippen LogP contribution in [0.5, 0.6) is 0 Å². The maximum Gasteiger partial charge on any atom is 0.227 e. The molecule has 0 spiro atoms. The third-order valence-electron chi connectivity index (χ3n) is 3.39. The van der Waals surface area contributed by atoms with Crippen LogP contribution < -0.4 is 10.6 Å². The predicted molar refractivity (Wildman–Crippen MR) is 77.4 cm³/mol. The number of carbonyl (C=O) groups excluding carboxylic acids is 1. The minimum atomic E-state index is -0.0649. The zero-order valence-corrected chi connectivity index (χ0v) is 12.3. The van der Waals surface area contributed by atoms with E-state index in [-0.39, 0.29) is 23.9 Å². The van der Waals surface area contributed by atoms with Gasteiger partial charge in [-0.15, -0.1) is 0 Å². The van der Waals surface area contributed by atoms with Gasteiger partial charge in [0.15, 0.2) is 0 Å². The zero-order chi connectivity index (χ0) is 13.7. The Bertz CT molecular complexity index is 394. The van der Waals surface area contributed by atoms with Crippen LogP contribution in [0.1, 0.15) is 19.4 Å². The van der Waals surface area contributed by atoms with Crippen molar-refractivity contribution in [2.24, 2.45) is 5.92 Å². The van der Waals surface area contributed by atoms with E-state index in [9.17, 15) is 4.79 Å². The average Bonchev–Trinajstić information content (AvgIpc) is 3.00. The lowest BCUT2D eigenvalue weighted by Gasteiger charge is -2.20. The van der Waals surface area contributed by atoms with Gasteiger partial charge < -0.3 is 15.4 Å². The Morgan fingerprint density at radius 1 is 1.58 bits per heavy atom. The number of amides is 1. The molecule has 2 rings (SSSR count). The molecule has 106 valence electrons. The number of nitrogens with one attached hydrogen (secondary N) is 2. The first-order valence-corrected chi connectivity index (χ1v) is 7.77. The van der Waals surface area contributed by atoms with Crippen molar-refractivity contribution in [2.75, 3.05) is 19.8 Å². The molecular weight excluding hydrogens is 260 g/mol. The van der Waals surface area contributed by atoms with E-state index in [0.717, 1.165) is 13.0 Å². The highest BCUT2D eigenvalue weighted by atomic mass is 32.1. The van der Waals surface area contributed by atoms with Gasteiger partial charge in [-0.1, -0.05) is 6.92 Å². The van der Waals surface area contributed by atoms with Crippen LogP contribution in [0.25, 0.3) is 0 Å². The molecule has 4 nitrogen and oxygen atoms in total. The lowest BCUT2D eigenvalue weighted by Crippen LogP contribution is -2.46. The van der Waals surface area contributed by atoms with Crippen molar-refractivity contribution >= 4 is 17.2 Å². The summed E-state index contributed by atoms with van der Waals surface area (Å²) in [5.74, 6) is 0.0380. The fourth-order valence-corrected chi connectivity index (χ4v) is 3.12. The summed E-state index contributed by atoms with van der Waals surface area (Å²) in [5.41, 5.74) is 1.28. The van der Waals surface area contributed by atoms with Crippen LogP contribution >= 0.6 is 11.3 Å². The van der Waals surface area contributed by atoms with Crippen molar-refractivity contribution in [3.63, 3.8) is 0 Å². The Labute approximate surface area is 118 Å². The fourth-order valence-electron chi connectivity index (χ4n) is 2.44.